The number of carbonyl (C=O) groups is 1. The molecule has 0 bridgehead atoms. The Morgan fingerprint density at radius 2 is 2.00 bits per heavy atom. The minimum absolute atomic E-state index is 0.0177. The van der Waals surface area contributed by atoms with Crippen LogP contribution < -0.4 is 4.74 Å². The zero-order valence-corrected chi connectivity index (χ0v) is 15.2. The summed E-state index contributed by atoms with van der Waals surface area (Å²) >= 11 is 3.36. The van der Waals surface area contributed by atoms with Crippen LogP contribution in [-0.4, -0.2) is 68.3 Å². The van der Waals surface area contributed by atoms with Gasteiger partial charge in [-0.2, -0.15) is 5.26 Å². The molecule has 6 nitrogen and oxygen atoms in total. The number of carbonyl (C=O) groups excluding carboxylic acids is 1. The molecule has 0 radical (unpaired) electrons. The highest BCUT2D eigenvalue weighted by Crippen LogP contribution is 2.16. The zero-order chi connectivity index (χ0) is 17.2. The summed E-state index contributed by atoms with van der Waals surface area (Å²) in [5, 5.41) is 8.80. The van der Waals surface area contributed by atoms with Gasteiger partial charge in [0.15, 0.2) is 6.61 Å². The number of amides is 1. The van der Waals surface area contributed by atoms with Crippen LogP contribution in [0.2, 0.25) is 0 Å². The van der Waals surface area contributed by atoms with Crippen LogP contribution in [0.15, 0.2) is 28.7 Å². The molecule has 1 aliphatic rings. The molecule has 1 fully saturated rings. The average molecular weight is 396 g/mol. The van der Waals surface area contributed by atoms with E-state index in [1.807, 2.05) is 24.3 Å². The molecule has 1 aromatic carbocycles. The number of nitriles is 1. The van der Waals surface area contributed by atoms with Gasteiger partial charge >= 0.3 is 0 Å². The molecule has 7 heteroatoms. The minimum Gasteiger partial charge on any atom is -0.484 e. The van der Waals surface area contributed by atoms with E-state index in [0.29, 0.717) is 25.3 Å². The van der Waals surface area contributed by atoms with Crippen LogP contribution in [0.3, 0.4) is 0 Å². The van der Waals surface area contributed by atoms with Crippen molar-refractivity contribution in [3.63, 3.8) is 0 Å². The number of nitrogens with zero attached hydrogens (tertiary/aromatic N) is 3. The normalized spacial score (nSPS) is 14.8. The maximum absolute atomic E-state index is 12.4. The van der Waals surface area contributed by atoms with Crippen molar-refractivity contribution >= 4 is 21.8 Å². The van der Waals surface area contributed by atoms with Gasteiger partial charge in [-0.05, 0) is 24.3 Å². The van der Waals surface area contributed by atoms with E-state index in [2.05, 4.69) is 26.9 Å². The van der Waals surface area contributed by atoms with E-state index in [1.54, 1.807) is 4.90 Å². The SMILES string of the molecule is N#CCCN(CCN1CCOCC1)C(=O)COc1ccc(Br)cc1. The van der Waals surface area contributed by atoms with Crippen molar-refractivity contribution in [2.45, 2.75) is 6.42 Å². The van der Waals surface area contributed by atoms with Crippen molar-refractivity contribution in [3.05, 3.63) is 28.7 Å². The van der Waals surface area contributed by atoms with Gasteiger partial charge in [-0.3, -0.25) is 9.69 Å². The van der Waals surface area contributed by atoms with E-state index in [1.165, 1.54) is 0 Å². The molecular weight excluding hydrogens is 374 g/mol. The predicted octanol–water partition coefficient (Wildman–Crippen LogP) is 1.90. The van der Waals surface area contributed by atoms with Crippen LogP contribution in [0, 0.1) is 11.3 Å². The number of hydrogen-bond donors (Lipinski definition) is 0. The van der Waals surface area contributed by atoms with Crippen LogP contribution in [0.1, 0.15) is 6.42 Å². The molecule has 0 N–H and O–H groups in total. The zero-order valence-electron chi connectivity index (χ0n) is 13.6. The first-order valence-corrected chi connectivity index (χ1v) is 8.81. The molecule has 130 valence electrons. The monoisotopic (exact) mass is 395 g/mol. The number of rotatable bonds is 8. The fourth-order valence-electron chi connectivity index (χ4n) is 2.40. The van der Waals surface area contributed by atoms with E-state index < -0.39 is 0 Å². The van der Waals surface area contributed by atoms with Crippen molar-refractivity contribution < 1.29 is 14.3 Å². The molecule has 1 heterocycles. The maximum atomic E-state index is 12.4. The van der Waals surface area contributed by atoms with Crippen LogP contribution in [-0.2, 0) is 9.53 Å². The highest BCUT2D eigenvalue weighted by Gasteiger charge is 2.17. The molecular formula is C17H22BrN3O3. The van der Waals surface area contributed by atoms with Crippen molar-refractivity contribution in [1.82, 2.24) is 9.80 Å². The highest BCUT2D eigenvalue weighted by atomic mass is 79.9. The number of benzene rings is 1. The molecule has 2 rings (SSSR count). The number of ether oxygens (including phenoxy) is 2. The van der Waals surface area contributed by atoms with Crippen molar-refractivity contribution in [2.24, 2.45) is 0 Å². The van der Waals surface area contributed by atoms with Crippen molar-refractivity contribution in [2.75, 3.05) is 52.5 Å². The first-order chi connectivity index (χ1) is 11.7. The van der Waals surface area contributed by atoms with E-state index in [0.717, 1.165) is 37.3 Å². The van der Waals surface area contributed by atoms with Gasteiger partial charge in [-0.1, -0.05) is 15.9 Å². The van der Waals surface area contributed by atoms with Gasteiger partial charge in [-0.15, -0.1) is 0 Å². The predicted molar refractivity (Wildman–Crippen MR) is 93.7 cm³/mol. The van der Waals surface area contributed by atoms with Gasteiger partial charge in [-0.25, -0.2) is 0 Å². The van der Waals surface area contributed by atoms with Crippen molar-refractivity contribution in [1.29, 1.82) is 5.26 Å². The fraction of sp³-hybridized carbons (Fsp3) is 0.529. The molecule has 0 aliphatic carbocycles. The summed E-state index contributed by atoms with van der Waals surface area (Å²) in [5.41, 5.74) is 0. The summed E-state index contributed by atoms with van der Waals surface area (Å²) in [6.07, 6.45) is 0.327. The Labute approximate surface area is 151 Å². The standard InChI is InChI=1S/C17H22BrN3O3/c18-15-2-4-16(5-3-15)24-14-17(22)21(7-1-6-19)9-8-20-10-12-23-13-11-20/h2-5H,1,7-14H2. The summed E-state index contributed by atoms with van der Waals surface area (Å²) < 4.78 is 11.8. The van der Waals surface area contributed by atoms with Gasteiger partial charge in [0.2, 0.25) is 0 Å². The Morgan fingerprint density at radius 1 is 1.29 bits per heavy atom. The molecule has 1 saturated heterocycles. The summed E-state index contributed by atoms with van der Waals surface area (Å²) in [4.78, 5) is 16.4. The van der Waals surface area contributed by atoms with E-state index in [4.69, 9.17) is 14.7 Å². The van der Waals surface area contributed by atoms with Gasteiger partial charge in [0.25, 0.3) is 5.91 Å². The quantitative estimate of drug-likeness (QED) is 0.672. The number of hydrogen-bond acceptors (Lipinski definition) is 5. The molecule has 0 aromatic heterocycles. The second-order valence-electron chi connectivity index (χ2n) is 5.49. The first kappa shape index (κ1) is 18.7. The summed E-state index contributed by atoms with van der Waals surface area (Å²) in [6, 6.07) is 9.45. The lowest BCUT2D eigenvalue weighted by Crippen LogP contribution is -2.44. The third kappa shape index (κ3) is 6.48. The van der Waals surface area contributed by atoms with Crippen molar-refractivity contribution in [3.8, 4) is 11.8 Å². The third-order valence-electron chi connectivity index (χ3n) is 3.81. The molecule has 0 saturated carbocycles. The average Bonchev–Trinajstić information content (AvgIpc) is 2.62. The Hall–Kier alpha value is -1.62. The molecule has 0 spiro atoms. The largest absolute Gasteiger partial charge is 0.484 e. The summed E-state index contributed by atoms with van der Waals surface area (Å²) in [5.74, 6) is 0.557. The molecule has 1 amide bonds. The van der Waals surface area contributed by atoms with Crippen LogP contribution >= 0.6 is 15.9 Å². The second-order valence-corrected chi connectivity index (χ2v) is 6.40. The molecule has 24 heavy (non-hydrogen) atoms. The van der Waals surface area contributed by atoms with E-state index in [-0.39, 0.29) is 12.5 Å². The maximum Gasteiger partial charge on any atom is 0.260 e. The molecule has 1 aliphatic heterocycles. The van der Waals surface area contributed by atoms with Gasteiger partial charge in [0.05, 0.1) is 25.7 Å². The van der Waals surface area contributed by atoms with Crippen LogP contribution in [0.5, 0.6) is 5.75 Å². The highest BCUT2D eigenvalue weighted by molar-refractivity contribution is 9.10. The van der Waals surface area contributed by atoms with Gasteiger partial charge < -0.3 is 14.4 Å². The van der Waals surface area contributed by atoms with Gasteiger partial charge in [0, 0.05) is 37.2 Å². The van der Waals surface area contributed by atoms with E-state index in [9.17, 15) is 4.79 Å². The Kier molecular flexibility index (Phi) is 8.02. The lowest BCUT2D eigenvalue weighted by atomic mass is 10.3. The molecule has 0 atom stereocenters. The number of halogens is 1. The topological polar surface area (TPSA) is 65.8 Å². The number of morpholine rings is 1. The molecule has 0 unspecified atom stereocenters. The fourth-order valence-corrected chi connectivity index (χ4v) is 2.66. The first-order valence-electron chi connectivity index (χ1n) is 8.02. The lowest BCUT2D eigenvalue weighted by Gasteiger charge is -2.29. The Morgan fingerprint density at radius 3 is 2.67 bits per heavy atom. The Bertz CT molecular complexity index is 553. The minimum atomic E-state index is -0.0959. The third-order valence-corrected chi connectivity index (χ3v) is 4.34. The van der Waals surface area contributed by atoms with Crippen LogP contribution in [0.4, 0.5) is 0 Å². The Balaban J connectivity index is 1.81. The van der Waals surface area contributed by atoms with E-state index >= 15 is 0 Å². The van der Waals surface area contributed by atoms with Gasteiger partial charge in [0.1, 0.15) is 5.75 Å². The summed E-state index contributed by atoms with van der Waals surface area (Å²) in [7, 11) is 0. The second kappa shape index (κ2) is 10.3. The molecule has 1 aromatic rings. The summed E-state index contributed by atoms with van der Waals surface area (Å²) in [6.45, 7) is 5.05. The van der Waals surface area contributed by atoms with Crippen LogP contribution in [0.25, 0.3) is 0 Å². The lowest BCUT2D eigenvalue weighted by molar-refractivity contribution is -0.133. The smallest absolute Gasteiger partial charge is 0.260 e.